The number of nitrogens with zero attached hydrogens (tertiary/aromatic N) is 2. The molecule has 1 amide bonds. The van der Waals surface area contributed by atoms with E-state index in [2.05, 4.69) is 0 Å². The van der Waals surface area contributed by atoms with Crippen molar-refractivity contribution in [2.24, 2.45) is 0 Å². The Bertz CT molecular complexity index is 1220. The molecule has 3 aromatic rings. The number of halogens is 4. The number of aromatic nitrogens is 1. The molecule has 5 nitrogen and oxygen atoms in total. The van der Waals surface area contributed by atoms with Crippen LogP contribution in [-0.4, -0.2) is 33.6 Å². The number of carbonyl (C=O) groups is 1. The number of carbonyl (C=O) groups excluding carboxylic acids is 1. The standard InChI is InChI=1S/C23H18ClF3N2O3.H2/c24-15-13-14(5-6-17(15)30)21(31)28-11-9-22(10-12-28)19-7-8-20(23(25,26)27)29(19)16-3-1-2-4-18(16)32-22;/h1-8,13,30H,9-12H2;1H. The van der Waals surface area contributed by atoms with E-state index >= 15 is 0 Å². The van der Waals surface area contributed by atoms with E-state index in [0.29, 0.717) is 48.6 Å². The van der Waals surface area contributed by atoms with E-state index in [-0.39, 0.29) is 18.1 Å². The van der Waals surface area contributed by atoms with Gasteiger partial charge in [0, 0.05) is 32.9 Å². The zero-order chi connectivity index (χ0) is 22.7. The van der Waals surface area contributed by atoms with E-state index in [9.17, 15) is 23.1 Å². The van der Waals surface area contributed by atoms with Crippen molar-refractivity contribution < 1.29 is 29.2 Å². The monoisotopic (exact) mass is 464 g/mol. The van der Waals surface area contributed by atoms with Gasteiger partial charge in [-0.3, -0.25) is 4.79 Å². The summed E-state index contributed by atoms with van der Waals surface area (Å²) in [6.45, 7) is 0.595. The molecule has 0 atom stereocenters. The molecule has 32 heavy (non-hydrogen) atoms. The SMILES string of the molecule is O=C(c1ccc(O)c(Cl)c1)N1CCC2(CC1)Oc1ccccc1-n1c(C(F)(F)F)ccc12.[HH]. The van der Waals surface area contributed by atoms with Crippen LogP contribution in [0.3, 0.4) is 0 Å². The number of likely N-dealkylation sites (tertiary alicyclic amines) is 1. The van der Waals surface area contributed by atoms with Crippen LogP contribution in [0.1, 0.15) is 36.0 Å². The molecule has 1 fully saturated rings. The molecule has 1 aromatic heterocycles. The van der Waals surface area contributed by atoms with Crippen molar-refractivity contribution in [1.82, 2.24) is 9.47 Å². The number of piperidine rings is 1. The van der Waals surface area contributed by atoms with Crippen molar-refractivity contribution in [3.8, 4) is 17.2 Å². The molecule has 3 heterocycles. The average molecular weight is 465 g/mol. The number of hydrogen-bond acceptors (Lipinski definition) is 3. The van der Waals surface area contributed by atoms with Crippen LogP contribution in [0.4, 0.5) is 13.2 Å². The van der Waals surface area contributed by atoms with Crippen LogP contribution < -0.4 is 4.74 Å². The van der Waals surface area contributed by atoms with Gasteiger partial charge in [0.15, 0.2) is 5.60 Å². The van der Waals surface area contributed by atoms with E-state index in [1.807, 2.05) is 0 Å². The molecule has 1 spiro atoms. The van der Waals surface area contributed by atoms with Gasteiger partial charge in [0.25, 0.3) is 5.91 Å². The number of para-hydroxylation sites is 2. The quantitative estimate of drug-likeness (QED) is 0.508. The molecule has 9 heteroatoms. The van der Waals surface area contributed by atoms with Crippen LogP contribution in [0.15, 0.2) is 54.6 Å². The molecule has 2 aliphatic rings. The summed E-state index contributed by atoms with van der Waals surface area (Å²) in [7, 11) is 0. The summed E-state index contributed by atoms with van der Waals surface area (Å²) in [5.41, 5.74) is -0.603. The van der Waals surface area contributed by atoms with Gasteiger partial charge in [-0.25, -0.2) is 0 Å². The third kappa shape index (κ3) is 3.21. The maximum atomic E-state index is 13.7. The molecular weight excluding hydrogens is 445 g/mol. The molecule has 0 aliphatic carbocycles. The predicted octanol–water partition coefficient (Wildman–Crippen LogP) is 5.63. The number of alkyl halides is 3. The first-order chi connectivity index (χ1) is 15.2. The van der Waals surface area contributed by atoms with Crippen molar-refractivity contribution in [3.05, 3.63) is 76.6 Å². The normalized spacial score (nSPS) is 16.9. The van der Waals surface area contributed by atoms with Gasteiger partial charge >= 0.3 is 6.18 Å². The number of ether oxygens (including phenoxy) is 1. The fraction of sp³-hybridized carbons (Fsp3) is 0.261. The minimum atomic E-state index is -4.52. The Balaban J connectivity index is 0.00000259. The third-order valence-corrected chi connectivity index (χ3v) is 6.41. The van der Waals surface area contributed by atoms with Gasteiger partial charge in [0.1, 0.15) is 17.2 Å². The van der Waals surface area contributed by atoms with Crippen LogP contribution in [0.25, 0.3) is 5.69 Å². The van der Waals surface area contributed by atoms with E-state index in [1.165, 1.54) is 28.8 Å². The summed E-state index contributed by atoms with van der Waals surface area (Å²) < 4.78 is 48.7. The Labute approximate surface area is 188 Å². The first kappa shape index (κ1) is 20.8. The number of benzene rings is 2. The van der Waals surface area contributed by atoms with Crippen LogP contribution in [0, 0.1) is 0 Å². The highest BCUT2D eigenvalue weighted by atomic mass is 35.5. The van der Waals surface area contributed by atoms with Crippen molar-refractivity contribution in [2.45, 2.75) is 24.6 Å². The van der Waals surface area contributed by atoms with Crippen LogP contribution in [0.2, 0.25) is 5.02 Å². The summed E-state index contributed by atoms with van der Waals surface area (Å²) >= 11 is 5.92. The Morgan fingerprint density at radius 1 is 1.09 bits per heavy atom. The Hall–Kier alpha value is -3.13. The summed E-state index contributed by atoms with van der Waals surface area (Å²) in [6.07, 6.45) is -3.85. The highest BCUT2D eigenvalue weighted by Crippen LogP contribution is 2.48. The lowest BCUT2D eigenvalue weighted by molar-refractivity contribution is -0.143. The molecule has 0 unspecified atom stereocenters. The maximum Gasteiger partial charge on any atom is 0.431 e. The maximum absolute atomic E-state index is 13.7. The minimum absolute atomic E-state index is 0. The summed E-state index contributed by atoms with van der Waals surface area (Å²) in [5.74, 6) is 0.00688. The molecule has 2 aromatic carbocycles. The predicted molar refractivity (Wildman–Crippen MR) is 113 cm³/mol. The first-order valence-corrected chi connectivity index (χ1v) is 10.4. The van der Waals surface area contributed by atoms with E-state index in [1.54, 1.807) is 29.2 Å². The zero-order valence-electron chi connectivity index (χ0n) is 16.7. The van der Waals surface area contributed by atoms with Gasteiger partial charge in [0.05, 0.1) is 16.4 Å². The Morgan fingerprint density at radius 2 is 1.81 bits per heavy atom. The first-order valence-electron chi connectivity index (χ1n) is 10.1. The molecule has 5 rings (SSSR count). The second-order valence-corrected chi connectivity index (χ2v) is 8.37. The van der Waals surface area contributed by atoms with E-state index in [0.717, 1.165) is 6.07 Å². The third-order valence-electron chi connectivity index (χ3n) is 6.10. The van der Waals surface area contributed by atoms with Crippen molar-refractivity contribution >= 4 is 17.5 Å². The Kier molecular flexibility index (Phi) is 4.67. The molecule has 0 bridgehead atoms. The fourth-order valence-corrected chi connectivity index (χ4v) is 4.70. The molecular formula is C23H20ClF3N2O3. The average Bonchev–Trinajstić information content (AvgIpc) is 3.23. The number of phenols is 1. The summed E-state index contributed by atoms with van der Waals surface area (Å²) in [6, 6.07) is 13.5. The number of hydrogen-bond donors (Lipinski definition) is 1. The number of rotatable bonds is 1. The molecule has 0 radical (unpaired) electrons. The summed E-state index contributed by atoms with van der Waals surface area (Å²) in [4.78, 5) is 14.5. The van der Waals surface area contributed by atoms with Gasteiger partial charge in [-0.1, -0.05) is 23.7 Å². The molecule has 1 N–H and O–H groups in total. The van der Waals surface area contributed by atoms with Crippen LogP contribution >= 0.6 is 11.6 Å². The highest BCUT2D eigenvalue weighted by molar-refractivity contribution is 6.32. The number of phenolic OH excluding ortho intramolecular Hbond substituents is 1. The van der Waals surface area contributed by atoms with Crippen molar-refractivity contribution in [3.63, 3.8) is 0 Å². The number of fused-ring (bicyclic) bond motifs is 4. The molecule has 0 saturated carbocycles. The topological polar surface area (TPSA) is 54.7 Å². The zero-order valence-corrected chi connectivity index (χ0v) is 17.5. The van der Waals surface area contributed by atoms with E-state index in [4.69, 9.17) is 16.3 Å². The molecule has 1 saturated heterocycles. The number of aromatic hydroxyl groups is 1. The van der Waals surface area contributed by atoms with Gasteiger partial charge in [-0.05, 0) is 42.5 Å². The van der Waals surface area contributed by atoms with Gasteiger partial charge < -0.3 is 19.3 Å². The molecule has 168 valence electrons. The van der Waals surface area contributed by atoms with Gasteiger partial charge in [-0.15, -0.1) is 0 Å². The van der Waals surface area contributed by atoms with Gasteiger partial charge in [-0.2, -0.15) is 13.2 Å². The molecule has 2 aliphatic heterocycles. The lowest BCUT2D eigenvalue weighted by atomic mass is 9.86. The smallest absolute Gasteiger partial charge is 0.431 e. The lowest BCUT2D eigenvalue weighted by Gasteiger charge is -2.45. The van der Waals surface area contributed by atoms with Gasteiger partial charge in [0.2, 0.25) is 0 Å². The minimum Gasteiger partial charge on any atom is -0.506 e. The van der Waals surface area contributed by atoms with Crippen LogP contribution in [-0.2, 0) is 11.8 Å². The second kappa shape index (κ2) is 7.20. The number of amides is 1. The van der Waals surface area contributed by atoms with Crippen LogP contribution in [0.5, 0.6) is 11.5 Å². The highest BCUT2D eigenvalue weighted by Gasteiger charge is 2.48. The Morgan fingerprint density at radius 3 is 2.50 bits per heavy atom. The fourth-order valence-electron chi connectivity index (χ4n) is 4.52. The van der Waals surface area contributed by atoms with E-state index < -0.39 is 17.5 Å². The summed E-state index contributed by atoms with van der Waals surface area (Å²) in [5, 5.41) is 9.66. The van der Waals surface area contributed by atoms with Crippen molar-refractivity contribution in [2.75, 3.05) is 13.1 Å². The second-order valence-electron chi connectivity index (χ2n) is 7.96. The lowest BCUT2D eigenvalue weighted by Crippen LogP contribution is -2.50. The van der Waals surface area contributed by atoms with Crippen molar-refractivity contribution in [1.29, 1.82) is 0 Å². The largest absolute Gasteiger partial charge is 0.506 e.